The van der Waals surface area contributed by atoms with E-state index in [9.17, 15) is 0 Å². The Morgan fingerprint density at radius 1 is 1.06 bits per heavy atom. The maximum Gasteiger partial charge on any atom is 0.147 e. The van der Waals surface area contributed by atoms with Gasteiger partial charge in [-0.15, -0.1) is 0 Å². The van der Waals surface area contributed by atoms with E-state index in [1.54, 1.807) is 7.05 Å². The number of nitrogens with one attached hydrogen (secondary N) is 2. The second kappa shape index (κ2) is 3.68. The van der Waals surface area contributed by atoms with Crippen LogP contribution < -0.4 is 16.1 Å². The highest BCUT2D eigenvalue weighted by Gasteiger charge is 2.05. The number of rotatable bonds is 2. The standard InChI is InChI=1S/C13H13N3O/c1-15-17-9-3-5-13-11(7-9)10-6-8(14)2-4-12(10)16-13/h2-7,15-16H,14H2,1H3. The van der Waals surface area contributed by atoms with Crippen molar-refractivity contribution in [1.82, 2.24) is 10.5 Å². The molecule has 0 saturated carbocycles. The van der Waals surface area contributed by atoms with Crippen molar-refractivity contribution < 1.29 is 4.84 Å². The van der Waals surface area contributed by atoms with Crippen LogP contribution in [-0.2, 0) is 0 Å². The molecule has 0 aliphatic heterocycles. The van der Waals surface area contributed by atoms with Crippen LogP contribution in [0.3, 0.4) is 0 Å². The van der Waals surface area contributed by atoms with Gasteiger partial charge in [0.25, 0.3) is 0 Å². The van der Waals surface area contributed by atoms with Crippen LogP contribution in [0.15, 0.2) is 36.4 Å². The number of aromatic amines is 1. The fourth-order valence-electron chi connectivity index (χ4n) is 2.08. The largest absolute Gasteiger partial charge is 0.409 e. The van der Waals surface area contributed by atoms with Gasteiger partial charge in [0, 0.05) is 34.5 Å². The summed E-state index contributed by atoms with van der Waals surface area (Å²) >= 11 is 0. The highest BCUT2D eigenvalue weighted by Crippen LogP contribution is 2.29. The predicted molar refractivity (Wildman–Crippen MR) is 69.9 cm³/mol. The van der Waals surface area contributed by atoms with E-state index in [4.69, 9.17) is 10.6 Å². The summed E-state index contributed by atoms with van der Waals surface area (Å²) in [6, 6.07) is 11.8. The molecule has 3 rings (SSSR count). The summed E-state index contributed by atoms with van der Waals surface area (Å²) in [5.74, 6) is 0.781. The number of H-pyrrole nitrogens is 1. The van der Waals surface area contributed by atoms with Gasteiger partial charge < -0.3 is 15.6 Å². The molecule has 0 atom stereocenters. The van der Waals surface area contributed by atoms with Gasteiger partial charge in [0.15, 0.2) is 0 Å². The molecule has 0 spiro atoms. The van der Waals surface area contributed by atoms with Crippen molar-refractivity contribution in [2.75, 3.05) is 12.8 Å². The van der Waals surface area contributed by atoms with Crippen molar-refractivity contribution in [3.63, 3.8) is 0 Å². The van der Waals surface area contributed by atoms with E-state index in [1.807, 2.05) is 36.4 Å². The molecule has 0 amide bonds. The molecule has 4 heteroatoms. The number of anilines is 1. The first kappa shape index (κ1) is 9.99. The average molecular weight is 227 g/mol. The van der Waals surface area contributed by atoms with E-state index in [0.29, 0.717) is 0 Å². The van der Waals surface area contributed by atoms with Crippen LogP contribution in [0.5, 0.6) is 5.75 Å². The van der Waals surface area contributed by atoms with Crippen molar-refractivity contribution in [3.8, 4) is 5.75 Å². The summed E-state index contributed by atoms with van der Waals surface area (Å²) in [5.41, 5.74) is 11.4. The molecule has 0 unspecified atom stereocenters. The van der Waals surface area contributed by atoms with Crippen LogP contribution in [-0.4, -0.2) is 12.0 Å². The first-order valence-electron chi connectivity index (χ1n) is 5.42. The lowest BCUT2D eigenvalue weighted by Gasteiger charge is -2.02. The second-order valence-electron chi connectivity index (χ2n) is 3.94. The van der Waals surface area contributed by atoms with Gasteiger partial charge in [-0.1, -0.05) is 0 Å². The highest BCUT2D eigenvalue weighted by atomic mass is 16.6. The molecule has 1 aromatic heterocycles. The lowest BCUT2D eigenvalue weighted by atomic mass is 10.1. The summed E-state index contributed by atoms with van der Waals surface area (Å²) in [6.07, 6.45) is 0. The van der Waals surface area contributed by atoms with Crippen LogP contribution in [0.1, 0.15) is 0 Å². The summed E-state index contributed by atoms with van der Waals surface area (Å²) in [5, 5.41) is 2.22. The maximum atomic E-state index is 5.81. The molecule has 0 saturated heterocycles. The Morgan fingerprint density at radius 3 is 2.53 bits per heavy atom. The van der Waals surface area contributed by atoms with Gasteiger partial charge in [-0.3, -0.25) is 0 Å². The van der Waals surface area contributed by atoms with Crippen LogP contribution >= 0.6 is 0 Å². The monoisotopic (exact) mass is 227 g/mol. The van der Waals surface area contributed by atoms with E-state index < -0.39 is 0 Å². The molecule has 0 aliphatic carbocycles. The summed E-state index contributed by atoms with van der Waals surface area (Å²) in [4.78, 5) is 8.61. The molecule has 86 valence electrons. The molecule has 3 aromatic rings. The van der Waals surface area contributed by atoms with E-state index >= 15 is 0 Å². The third-order valence-electron chi connectivity index (χ3n) is 2.81. The Bertz CT molecular complexity index is 688. The first-order chi connectivity index (χ1) is 8.28. The molecule has 0 aliphatic rings. The summed E-state index contributed by atoms with van der Waals surface area (Å²) in [7, 11) is 1.73. The number of hydrogen-bond acceptors (Lipinski definition) is 3. The number of fused-ring (bicyclic) bond motifs is 3. The molecule has 0 fully saturated rings. The Balaban J connectivity index is 2.31. The van der Waals surface area contributed by atoms with E-state index in [0.717, 1.165) is 33.2 Å². The minimum Gasteiger partial charge on any atom is -0.409 e. The van der Waals surface area contributed by atoms with E-state index in [1.165, 1.54) is 0 Å². The third kappa shape index (κ3) is 1.59. The molecule has 4 nitrogen and oxygen atoms in total. The lowest BCUT2D eigenvalue weighted by Crippen LogP contribution is -2.10. The quantitative estimate of drug-likeness (QED) is 0.465. The van der Waals surface area contributed by atoms with Crippen molar-refractivity contribution in [3.05, 3.63) is 36.4 Å². The van der Waals surface area contributed by atoms with Gasteiger partial charge in [0.1, 0.15) is 5.75 Å². The molecule has 17 heavy (non-hydrogen) atoms. The normalized spacial score (nSPS) is 11.1. The fourth-order valence-corrected chi connectivity index (χ4v) is 2.08. The van der Waals surface area contributed by atoms with Crippen molar-refractivity contribution in [2.24, 2.45) is 0 Å². The molecule has 4 N–H and O–H groups in total. The topological polar surface area (TPSA) is 63.1 Å². The number of hydrogen-bond donors (Lipinski definition) is 3. The fraction of sp³-hybridized carbons (Fsp3) is 0.0769. The third-order valence-corrected chi connectivity index (χ3v) is 2.81. The minimum atomic E-state index is 0.762. The molecule has 0 radical (unpaired) electrons. The number of benzene rings is 2. The smallest absolute Gasteiger partial charge is 0.147 e. The van der Waals surface area contributed by atoms with Gasteiger partial charge in [-0.2, -0.15) is 5.48 Å². The van der Waals surface area contributed by atoms with Crippen LogP contribution in [0.2, 0.25) is 0 Å². The predicted octanol–water partition coefficient (Wildman–Crippen LogP) is 2.42. The molecular weight excluding hydrogens is 214 g/mol. The number of aromatic nitrogens is 1. The SMILES string of the molecule is CNOc1ccc2[nH]c3ccc(N)cc3c2c1. The van der Waals surface area contributed by atoms with Crippen molar-refractivity contribution in [1.29, 1.82) is 0 Å². The Kier molecular flexibility index (Phi) is 2.16. The number of nitrogens with two attached hydrogens (primary N) is 1. The van der Waals surface area contributed by atoms with Gasteiger partial charge in [0.2, 0.25) is 0 Å². The molecule has 0 bridgehead atoms. The van der Waals surface area contributed by atoms with Crippen LogP contribution in [0, 0.1) is 0 Å². The zero-order valence-electron chi connectivity index (χ0n) is 9.45. The Hall–Kier alpha value is -2.20. The lowest BCUT2D eigenvalue weighted by molar-refractivity contribution is 0.224. The number of nitrogen functional groups attached to an aromatic ring is 1. The average Bonchev–Trinajstić information content (AvgIpc) is 2.67. The maximum absolute atomic E-state index is 5.81. The minimum absolute atomic E-state index is 0.762. The molecule has 2 aromatic carbocycles. The van der Waals surface area contributed by atoms with Crippen molar-refractivity contribution in [2.45, 2.75) is 0 Å². The van der Waals surface area contributed by atoms with Crippen LogP contribution in [0.25, 0.3) is 21.8 Å². The summed E-state index contributed by atoms with van der Waals surface area (Å²) < 4.78 is 0. The molecule has 1 heterocycles. The molecular formula is C13H13N3O. The second-order valence-corrected chi connectivity index (χ2v) is 3.94. The van der Waals surface area contributed by atoms with Gasteiger partial charge in [0.05, 0.1) is 0 Å². The van der Waals surface area contributed by atoms with E-state index in [2.05, 4.69) is 10.5 Å². The zero-order valence-corrected chi connectivity index (χ0v) is 9.45. The van der Waals surface area contributed by atoms with Crippen molar-refractivity contribution >= 4 is 27.5 Å². The highest BCUT2D eigenvalue weighted by molar-refractivity contribution is 6.08. The summed E-state index contributed by atoms with van der Waals surface area (Å²) in [6.45, 7) is 0. The Morgan fingerprint density at radius 2 is 1.76 bits per heavy atom. The van der Waals surface area contributed by atoms with Gasteiger partial charge in [-0.25, -0.2) is 0 Å². The number of hydroxylamine groups is 1. The van der Waals surface area contributed by atoms with Crippen LogP contribution in [0.4, 0.5) is 5.69 Å². The van der Waals surface area contributed by atoms with E-state index in [-0.39, 0.29) is 0 Å². The van der Waals surface area contributed by atoms with Gasteiger partial charge in [-0.05, 0) is 36.4 Å². The zero-order chi connectivity index (χ0) is 11.8. The first-order valence-corrected chi connectivity index (χ1v) is 5.42. The Labute approximate surface area is 98.3 Å². The van der Waals surface area contributed by atoms with Gasteiger partial charge >= 0.3 is 0 Å².